The molecule has 1 unspecified atom stereocenters. The quantitative estimate of drug-likeness (QED) is 0.771. The minimum atomic E-state index is -3.32. The first kappa shape index (κ1) is 19.1. The lowest BCUT2D eigenvalue weighted by Crippen LogP contribution is -2.35. The lowest BCUT2D eigenvalue weighted by Gasteiger charge is -2.21. The highest BCUT2D eigenvalue weighted by Gasteiger charge is 2.33. The summed E-state index contributed by atoms with van der Waals surface area (Å²) in [7, 11) is -3.32. The summed E-state index contributed by atoms with van der Waals surface area (Å²) in [5.74, 6) is 0.524. The molecule has 0 N–H and O–H groups in total. The molecular formula is C18H24ClNO3S2. The summed E-state index contributed by atoms with van der Waals surface area (Å²) in [5.41, 5.74) is 0.652. The number of amides is 1. The first-order valence-corrected chi connectivity index (χ1v) is 12.0. The van der Waals surface area contributed by atoms with Crippen molar-refractivity contribution in [1.29, 1.82) is 0 Å². The fourth-order valence-electron chi connectivity index (χ4n) is 3.61. The zero-order valence-corrected chi connectivity index (χ0v) is 16.6. The van der Waals surface area contributed by atoms with E-state index in [0.717, 1.165) is 0 Å². The summed E-state index contributed by atoms with van der Waals surface area (Å²) in [6.45, 7) is 0.756. The molecule has 1 aliphatic carbocycles. The van der Waals surface area contributed by atoms with Crippen LogP contribution < -0.4 is 0 Å². The highest BCUT2D eigenvalue weighted by molar-refractivity contribution is 8.00. The summed E-state index contributed by atoms with van der Waals surface area (Å²) in [6.07, 6.45) is 5.31. The molecule has 2 fully saturated rings. The van der Waals surface area contributed by atoms with Gasteiger partial charge in [0.05, 0.1) is 16.8 Å². The zero-order chi connectivity index (χ0) is 17.9. The molecule has 1 aromatic carbocycles. The summed E-state index contributed by atoms with van der Waals surface area (Å²) in [5, 5.41) is 0.449. The molecule has 1 saturated heterocycles. The third kappa shape index (κ3) is 4.72. The van der Waals surface area contributed by atoms with Gasteiger partial charge < -0.3 is 4.90 Å². The number of benzene rings is 1. The van der Waals surface area contributed by atoms with Gasteiger partial charge >= 0.3 is 0 Å². The Hall–Kier alpha value is -0.720. The Kier molecular flexibility index (Phi) is 6.34. The van der Waals surface area contributed by atoms with Crippen molar-refractivity contribution in [3.05, 3.63) is 34.9 Å². The standard InChI is InChI=1S/C18H24ClNO3S2/c19-16-8-4-3-7-15(16)17-9-10-20(11-12-25(17,22)23)18(21)13-24-14-5-1-2-6-14/h3-4,7-8,14,17H,1-2,5-6,9-13H2. The van der Waals surface area contributed by atoms with E-state index in [1.165, 1.54) is 25.7 Å². The SMILES string of the molecule is O=C(CSC1CCCC1)N1CCC(c2ccccc2Cl)S(=O)(=O)CC1. The molecule has 7 heteroatoms. The Morgan fingerprint density at radius 3 is 2.60 bits per heavy atom. The van der Waals surface area contributed by atoms with E-state index < -0.39 is 15.1 Å². The third-order valence-corrected chi connectivity index (χ3v) is 8.90. The molecule has 4 nitrogen and oxygen atoms in total. The largest absolute Gasteiger partial charge is 0.341 e. The summed E-state index contributed by atoms with van der Waals surface area (Å²) >= 11 is 7.94. The maximum Gasteiger partial charge on any atom is 0.232 e. The maximum atomic E-state index is 12.7. The van der Waals surface area contributed by atoms with E-state index >= 15 is 0 Å². The zero-order valence-electron chi connectivity index (χ0n) is 14.2. The van der Waals surface area contributed by atoms with Gasteiger partial charge in [0.2, 0.25) is 5.91 Å². The van der Waals surface area contributed by atoms with Gasteiger partial charge in [-0.1, -0.05) is 42.6 Å². The van der Waals surface area contributed by atoms with Crippen LogP contribution in [0.5, 0.6) is 0 Å². The highest BCUT2D eigenvalue weighted by atomic mass is 35.5. The van der Waals surface area contributed by atoms with Gasteiger partial charge in [-0.15, -0.1) is 11.8 Å². The maximum absolute atomic E-state index is 12.7. The number of carbonyl (C=O) groups is 1. The smallest absolute Gasteiger partial charge is 0.232 e. The highest BCUT2D eigenvalue weighted by Crippen LogP contribution is 2.34. The molecule has 0 radical (unpaired) electrons. The van der Waals surface area contributed by atoms with Crippen molar-refractivity contribution in [3.63, 3.8) is 0 Å². The predicted octanol–water partition coefficient (Wildman–Crippen LogP) is 3.70. The fraction of sp³-hybridized carbons (Fsp3) is 0.611. The Bertz CT molecular complexity index is 717. The molecule has 0 bridgehead atoms. The number of sulfone groups is 1. The normalized spacial score (nSPS) is 24.2. The summed E-state index contributed by atoms with van der Waals surface area (Å²) in [4.78, 5) is 14.2. The average molecular weight is 402 g/mol. The van der Waals surface area contributed by atoms with E-state index in [9.17, 15) is 13.2 Å². The second-order valence-corrected chi connectivity index (χ2v) is 10.8. The minimum absolute atomic E-state index is 0.00270. The molecule has 1 atom stereocenters. The van der Waals surface area contributed by atoms with Crippen LogP contribution in [-0.4, -0.2) is 49.1 Å². The van der Waals surface area contributed by atoms with E-state index in [1.807, 2.05) is 6.07 Å². The van der Waals surface area contributed by atoms with Crippen molar-refractivity contribution in [1.82, 2.24) is 4.90 Å². The number of hydrogen-bond donors (Lipinski definition) is 0. The van der Waals surface area contributed by atoms with Crippen molar-refractivity contribution in [3.8, 4) is 0 Å². The molecule has 1 heterocycles. The van der Waals surface area contributed by atoms with Crippen molar-refractivity contribution < 1.29 is 13.2 Å². The second-order valence-electron chi connectivity index (χ2n) is 6.76. The molecule has 0 aromatic heterocycles. The van der Waals surface area contributed by atoms with E-state index in [1.54, 1.807) is 34.9 Å². The van der Waals surface area contributed by atoms with Gasteiger partial charge in [-0.2, -0.15) is 0 Å². The molecule has 2 aliphatic rings. The van der Waals surface area contributed by atoms with Gasteiger partial charge in [-0.3, -0.25) is 4.79 Å². The molecule has 1 saturated carbocycles. The average Bonchev–Trinajstić information content (AvgIpc) is 3.05. The summed E-state index contributed by atoms with van der Waals surface area (Å²) < 4.78 is 25.4. The lowest BCUT2D eigenvalue weighted by molar-refractivity contribution is -0.128. The number of carbonyl (C=O) groups excluding carboxylic acids is 1. The van der Waals surface area contributed by atoms with Crippen LogP contribution in [0.1, 0.15) is 42.9 Å². The number of thioether (sulfide) groups is 1. The van der Waals surface area contributed by atoms with E-state index in [0.29, 0.717) is 34.6 Å². The number of nitrogens with zero attached hydrogens (tertiary/aromatic N) is 1. The first-order valence-electron chi connectivity index (χ1n) is 8.83. The van der Waals surface area contributed by atoms with Crippen molar-refractivity contribution >= 4 is 39.1 Å². The van der Waals surface area contributed by atoms with Gasteiger partial charge in [0.25, 0.3) is 0 Å². The Morgan fingerprint density at radius 1 is 1.16 bits per heavy atom. The third-order valence-electron chi connectivity index (χ3n) is 5.09. The van der Waals surface area contributed by atoms with Crippen molar-refractivity contribution in [2.45, 2.75) is 42.6 Å². The lowest BCUT2D eigenvalue weighted by atomic mass is 10.1. The van der Waals surface area contributed by atoms with Crippen LogP contribution in [0.15, 0.2) is 24.3 Å². The summed E-state index contributed by atoms with van der Waals surface area (Å²) in [6, 6.07) is 7.10. The van der Waals surface area contributed by atoms with Crippen molar-refractivity contribution in [2.24, 2.45) is 0 Å². The van der Waals surface area contributed by atoms with Gasteiger partial charge in [-0.05, 0) is 30.9 Å². The van der Waals surface area contributed by atoms with Crippen LogP contribution in [0.4, 0.5) is 0 Å². The predicted molar refractivity (Wildman–Crippen MR) is 104 cm³/mol. The first-order chi connectivity index (χ1) is 12.0. The van der Waals surface area contributed by atoms with Gasteiger partial charge in [0.15, 0.2) is 9.84 Å². The fourth-order valence-corrected chi connectivity index (χ4v) is 6.99. The van der Waals surface area contributed by atoms with Crippen LogP contribution in [0, 0.1) is 0 Å². The number of rotatable bonds is 4. The molecule has 25 heavy (non-hydrogen) atoms. The second kappa shape index (κ2) is 8.31. The van der Waals surface area contributed by atoms with E-state index in [-0.39, 0.29) is 18.2 Å². The van der Waals surface area contributed by atoms with Crippen LogP contribution in [0.25, 0.3) is 0 Å². The Balaban J connectivity index is 1.65. The molecular weight excluding hydrogens is 378 g/mol. The Labute approximate surface area is 159 Å². The molecule has 1 aromatic rings. The van der Waals surface area contributed by atoms with Crippen molar-refractivity contribution in [2.75, 3.05) is 24.6 Å². The number of halogens is 1. The molecule has 3 rings (SSSR count). The molecule has 0 spiro atoms. The molecule has 1 aliphatic heterocycles. The van der Waals surface area contributed by atoms with Gasteiger partial charge in [0.1, 0.15) is 0 Å². The van der Waals surface area contributed by atoms with Gasteiger partial charge in [0, 0.05) is 23.4 Å². The van der Waals surface area contributed by atoms with Crippen LogP contribution in [-0.2, 0) is 14.6 Å². The Morgan fingerprint density at radius 2 is 1.88 bits per heavy atom. The minimum Gasteiger partial charge on any atom is -0.341 e. The van der Waals surface area contributed by atoms with Crippen LogP contribution in [0.3, 0.4) is 0 Å². The molecule has 138 valence electrons. The van der Waals surface area contributed by atoms with Gasteiger partial charge in [-0.25, -0.2) is 8.42 Å². The van der Waals surface area contributed by atoms with E-state index in [4.69, 9.17) is 11.6 Å². The monoisotopic (exact) mass is 401 g/mol. The topological polar surface area (TPSA) is 54.5 Å². The van der Waals surface area contributed by atoms with E-state index in [2.05, 4.69) is 0 Å². The van der Waals surface area contributed by atoms with Crippen LogP contribution in [0.2, 0.25) is 5.02 Å². The van der Waals surface area contributed by atoms with Crippen LogP contribution >= 0.6 is 23.4 Å². The number of hydrogen-bond acceptors (Lipinski definition) is 4. The molecule has 1 amide bonds.